The van der Waals surface area contributed by atoms with E-state index in [1.54, 1.807) is 5.56 Å². The molecule has 2 aliphatic heterocycles. The minimum absolute atomic E-state index is 0.0404. The van der Waals surface area contributed by atoms with Crippen molar-refractivity contribution in [2.45, 2.75) is 149 Å². The van der Waals surface area contributed by atoms with Gasteiger partial charge in [-0.2, -0.15) is 0 Å². The van der Waals surface area contributed by atoms with Crippen molar-refractivity contribution in [1.29, 1.82) is 0 Å². The highest BCUT2D eigenvalue weighted by Gasteiger charge is 2.59. The lowest BCUT2D eigenvalue weighted by Gasteiger charge is -2.50. The molecule has 3 aliphatic carbocycles. The third-order valence-electron chi connectivity index (χ3n) is 21.5. The molecule has 5 aliphatic rings. The van der Waals surface area contributed by atoms with Gasteiger partial charge in [0.15, 0.2) is 0 Å². The molecule has 0 spiro atoms. The van der Waals surface area contributed by atoms with Crippen LogP contribution in [0, 0.1) is 12.3 Å². The van der Waals surface area contributed by atoms with Gasteiger partial charge in [-0.1, -0.05) is 217 Å². The normalized spacial score (nSPS) is 20.9. The van der Waals surface area contributed by atoms with Crippen LogP contribution in [0.1, 0.15) is 170 Å². The summed E-state index contributed by atoms with van der Waals surface area (Å²) in [5.41, 5.74) is 28.0. The number of hydrogen-bond acceptors (Lipinski definition) is 3. The van der Waals surface area contributed by atoms with E-state index in [4.69, 9.17) is 0 Å². The predicted octanol–water partition coefficient (Wildman–Crippen LogP) is 19.7. The van der Waals surface area contributed by atoms with Crippen molar-refractivity contribution >= 4 is 88.7 Å². The van der Waals surface area contributed by atoms with Crippen LogP contribution in [-0.4, -0.2) is 6.71 Å². The fraction of sp³-hybridized carbons (Fsp3) is 0.308. The summed E-state index contributed by atoms with van der Waals surface area (Å²) in [6.45, 7) is 31.7. The molecule has 0 radical (unpaired) electrons. The Morgan fingerprint density at radius 1 is 0.476 bits per heavy atom. The Hall–Kier alpha value is -7.14. The van der Waals surface area contributed by atoms with Crippen LogP contribution in [-0.2, 0) is 27.1 Å². The van der Waals surface area contributed by atoms with E-state index in [0.29, 0.717) is 0 Å². The largest absolute Gasteiger partial charge is 0.311 e. The predicted molar refractivity (Wildman–Crippen MR) is 354 cm³/mol. The molecule has 1 aromatic heterocycles. The Labute approximate surface area is 492 Å². The van der Waals surface area contributed by atoms with Gasteiger partial charge in [-0.05, 0) is 174 Å². The molecule has 1 saturated carbocycles. The van der Waals surface area contributed by atoms with Gasteiger partial charge in [0.25, 0.3) is 6.71 Å². The second-order valence-electron chi connectivity index (χ2n) is 29.0. The molecule has 9 aromatic carbocycles. The molecule has 408 valence electrons. The van der Waals surface area contributed by atoms with Crippen molar-refractivity contribution in [3.05, 3.63) is 232 Å². The van der Waals surface area contributed by atoms with Crippen LogP contribution in [0.15, 0.2) is 176 Å². The van der Waals surface area contributed by atoms with Crippen molar-refractivity contribution < 1.29 is 0 Å². The van der Waals surface area contributed by atoms with Gasteiger partial charge in [-0.25, -0.2) is 0 Å². The number of aryl methyl sites for hydroxylation is 1. The lowest BCUT2D eigenvalue weighted by atomic mass is 9.33. The molecule has 10 aromatic rings. The number of rotatable bonds is 4. The van der Waals surface area contributed by atoms with Crippen LogP contribution in [0.3, 0.4) is 0 Å². The fourth-order valence-electron chi connectivity index (χ4n) is 16.8. The van der Waals surface area contributed by atoms with Crippen molar-refractivity contribution in [2.24, 2.45) is 5.41 Å². The molecule has 0 bridgehead atoms. The minimum atomic E-state index is -0.241. The van der Waals surface area contributed by atoms with E-state index < -0.39 is 0 Å². The zero-order valence-electron chi connectivity index (χ0n) is 50.5. The average Bonchev–Trinajstić information content (AvgIpc) is 1.96. The molecule has 0 N–H and O–H groups in total. The molecular formula is C78H77BN2S. The van der Waals surface area contributed by atoms with Crippen LogP contribution >= 0.6 is 11.3 Å². The highest BCUT2D eigenvalue weighted by atomic mass is 32.1. The molecule has 0 amide bonds. The van der Waals surface area contributed by atoms with Crippen LogP contribution in [0.4, 0.5) is 34.1 Å². The second kappa shape index (κ2) is 17.5. The van der Waals surface area contributed by atoms with E-state index in [9.17, 15) is 0 Å². The van der Waals surface area contributed by atoms with Crippen molar-refractivity contribution in [2.75, 3.05) is 9.80 Å². The number of thiophene rings is 1. The van der Waals surface area contributed by atoms with Crippen LogP contribution < -0.4 is 26.2 Å². The summed E-state index contributed by atoms with van der Waals surface area (Å²) >= 11 is 1.92. The molecule has 0 saturated heterocycles. The molecule has 2 nitrogen and oxygen atoms in total. The molecule has 82 heavy (non-hydrogen) atoms. The van der Waals surface area contributed by atoms with Crippen molar-refractivity contribution in [1.82, 2.24) is 0 Å². The third-order valence-corrected chi connectivity index (χ3v) is 22.6. The number of benzene rings is 9. The smallest absolute Gasteiger partial charge is 0.252 e. The number of hydrogen-bond donors (Lipinski definition) is 0. The monoisotopic (exact) mass is 1080 g/mol. The van der Waals surface area contributed by atoms with Gasteiger partial charge < -0.3 is 9.80 Å². The van der Waals surface area contributed by atoms with Gasteiger partial charge in [0.1, 0.15) is 0 Å². The highest BCUT2D eigenvalue weighted by molar-refractivity contribution is 7.25. The summed E-state index contributed by atoms with van der Waals surface area (Å²) in [7, 11) is 0. The van der Waals surface area contributed by atoms with E-state index >= 15 is 0 Å². The summed E-state index contributed by atoms with van der Waals surface area (Å²) in [6.07, 6.45) is 5.00. The summed E-state index contributed by atoms with van der Waals surface area (Å²) < 4.78 is 2.65. The number of fused-ring (bicyclic) bond motifs is 12. The summed E-state index contributed by atoms with van der Waals surface area (Å²) in [5, 5.41) is 2.66. The maximum absolute atomic E-state index is 2.71. The van der Waals surface area contributed by atoms with Gasteiger partial charge in [0, 0.05) is 70.9 Å². The summed E-state index contributed by atoms with van der Waals surface area (Å²) in [6, 6.07) is 70.1. The van der Waals surface area contributed by atoms with Crippen LogP contribution in [0.5, 0.6) is 0 Å². The molecule has 1 fully saturated rings. The van der Waals surface area contributed by atoms with Crippen molar-refractivity contribution in [3.8, 4) is 11.1 Å². The summed E-state index contributed by atoms with van der Waals surface area (Å²) in [4.78, 5) is 5.41. The Bertz CT molecular complexity index is 4330. The van der Waals surface area contributed by atoms with E-state index in [1.165, 1.54) is 158 Å². The first-order valence-electron chi connectivity index (χ1n) is 30.5. The number of nitrogens with zero attached hydrogens (tertiary/aromatic N) is 2. The standard InChI is InChI=1S/C78H77BN2S/c1-47-39-67-72-68(40-47)81(64-36-31-50(73(2,3)4)42-56(64)48-23-15-14-16-24-48)66-46-61-60(75(8,9)57-26-18-19-27-58(57)76(61,10)11)45-63(66)79(72)62-35-29-49(41-65(62)80(67)52-32-34-54-53-25-17-20-28-69(53)82-70(54)44-52)71-55-33-30-51(74(5,6)7)43-59(55)77(12)37-21-22-38-78(71,77)13/h14-20,23-36,39-46,71H,21-22,37-38H2,1-13H3/t71?,77?,78-/m0/s1. The van der Waals surface area contributed by atoms with E-state index in [0.717, 1.165) is 0 Å². The van der Waals surface area contributed by atoms with Crippen molar-refractivity contribution in [3.63, 3.8) is 0 Å². The summed E-state index contributed by atoms with van der Waals surface area (Å²) in [5.74, 6) is 0.255. The lowest BCUT2D eigenvalue weighted by molar-refractivity contribution is 0.0923. The van der Waals surface area contributed by atoms with Gasteiger partial charge >= 0.3 is 0 Å². The topological polar surface area (TPSA) is 6.48 Å². The Kier molecular flexibility index (Phi) is 11.0. The second-order valence-corrected chi connectivity index (χ2v) is 30.0. The Balaban J connectivity index is 1.05. The van der Waals surface area contributed by atoms with Crippen LogP contribution in [0.2, 0.25) is 0 Å². The maximum Gasteiger partial charge on any atom is 0.252 e. The maximum atomic E-state index is 2.71. The zero-order chi connectivity index (χ0) is 56.8. The highest BCUT2D eigenvalue weighted by Crippen LogP contribution is 2.67. The van der Waals surface area contributed by atoms with Gasteiger partial charge in [-0.3, -0.25) is 0 Å². The fourth-order valence-corrected chi connectivity index (χ4v) is 17.9. The van der Waals surface area contributed by atoms with E-state index in [-0.39, 0.29) is 45.1 Å². The van der Waals surface area contributed by atoms with E-state index in [2.05, 4.69) is 276 Å². The zero-order valence-corrected chi connectivity index (χ0v) is 51.3. The van der Waals surface area contributed by atoms with Gasteiger partial charge in [0.05, 0.1) is 5.69 Å². The molecule has 3 heterocycles. The Morgan fingerprint density at radius 2 is 1.10 bits per heavy atom. The molecule has 3 atom stereocenters. The van der Waals surface area contributed by atoms with Crippen LogP contribution in [0.25, 0.3) is 31.3 Å². The third kappa shape index (κ3) is 7.18. The first kappa shape index (κ1) is 51.7. The molecule has 4 heteroatoms. The van der Waals surface area contributed by atoms with Gasteiger partial charge in [0.2, 0.25) is 0 Å². The average molecular weight is 1090 g/mol. The van der Waals surface area contributed by atoms with Gasteiger partial charge in [-0.15, -0.1) is 11.3 Å². The van der Waals surface area contributed by atoms with E-state index in [1.807, 2.05) is 11.3 Å². The first-order chi connectivity index (χ1) is 39.1. The SMILES string of the molecule is Cc1cc2c3c(c1)N(c1ccc(C(C)(C)C)cc1-c1ccccc1)c1cc4c(cc1B3c1ccc(C3c5ccc(C(C)(C)C)cc5C5(C)CCCC[C@@]35C)cc1N2c1ccc2c(c1)sc1ccccc12)C(C)(C)c1ccccc1C4(C)C. The first-order valence-corrected chi connectivity index (χ1v) is 31.3. The molecular weight excluding hydrogens is 1010 g/mol. The molecule has 15 rings (SSSR count). The number of anilines is 6. The minimum Gasteiger partial charge on any atom is -0.311 e. The Morgan fingerprint density at radius 3 is 1.83 bits per heavy atom. The molecule has 2 unspecified atom stereocenters. The lowest BCUT2D eigenvalue weighted by Crippen LogP contribution is -2.62. The quantitative estimate of drug-likeness (QED) is 0.162.